The van der Waals surface area contributed by atoms with E-state index in [1.54, 1.807) is 0 Å². The number of hydrogen-bond donors (Lipinski definition) is 0. The predicted molar refractivity (Wildman–Crippen MR) is 43.0 cm³/mol. The Morgan fingerprint density at radius 2 is 1.69 bits per heavy atom. The Morgan fingerprint density at radius 1 is 1.12 bits per heavy atom. The first-order valence-corrected chi connectivity index (χ1v) is 4.69. The summed E-state index contributed by atoms with van der Waals surface area (Å²) >= 11 is 0. The zero-order valence-corrected chi connectivity index (χ0v) is 8.11. The number of halogens is 5. The summed E-state index contributed by atoms with van der Waals surface area (Å²) in [6.45, 7) is 0. The van der Waals surface area contributed by atoms with Gasteiger partial charge in [-0.3, -0.25) is 9.59 Å². The first-order valence-electron chi connectivity index (χ1n) is 4.69. The number of alkyl halides is 5. The normalized spacial score (nSPS) is 23.3. The van der Waals surface area contributed by atoms with E-state index < -0.39 is 29.6 Å². The Bertz CT molecular complexity index is 308. The van der Waals surface area contributed by atoms with E-state index in [0.29, 0.717) is 12.8 Å². The molecule has 0 spiro atoms. The van der Waals surface area contributed by atoms with Crippen LogP contribution in [0.15, 0.2) is 0 Å². The van der Waals surface area contributed by atoms with E-state index in [0.717, 1.165) is 0 Å². The second kappa shape index (κ2) is 4.10. The molecule has 1 fully saturated rings. The minimum atomic E-state index is -5.93. The minimum absolute atomic E-state index is 0.107. The van der Waals surface area contributed by atoms with Gasteiger partial charge in [-0.15, -0.1) is 0 Å². The van der Waals surface area contributed by atoms with Crippen molar-refractivity contribution in [3.63, 3.8) is 0 Å². The predicted octanol–water partition coefficient (Wildman–Crippen LogP) is 2.51. The van der Waals surface area contributed by atoms with E-state index >= 15 is 0 Å². The fourth-order valence-electron chi connectivity index (χ4n) is 1.62. The first-order chi connectivity index (χ1) is 7.18. The summed E-state index contributed by atoms with van der Waals surface area (Å²) in [7, 11) is 0. The van der Waals surface area contributed by atoms with Crippen molar-refractivity contribution in [3.05, 3.63) is 0 Å². The Morgan fingerprint density at radius 3 is 2.12 bits per heavy atom. The molecule has 0 aromatic rings. The van der Waals surface area contributed by atoms with Crippen LogP contribution in [0.4, 0.5) is 22.0 Å². The molecule has 1 aliphatic carbocycles. The van der Waals surface area contributed by atoms with Crippen LogP contribution in [-0.2, 0) is 9.59 Å². The van der Waals surface area contributed by atoms with Gasteiger partial charge < -0.3 is 0 Å². The van der Waals surface area contributed by atoms with Gasteiger partial charge in [0.05, 0.1) is 5.92 Å². The molecule has 0 N–H and O–H groups in total. The van der Waals surface area contributed by atoms with E-state index in [1.807, 2.05) is 0 Å². The number of Topliss-reactive ketones (excluding diaryl/α,β-unsaturated/α-hetero) is 2. The number of rotatable bonds is 2. The summed E-state index contributed by atoms with van der Waals surface area (Å²) in [6.07, 6.45) is -5.51. The van der Waals surface area contributed by atoms with Crippen molar-refractivity contribution in [1.29, 1.82) is 0 Å². The third-order valence-electron chi connectivity index (χ3n) is 2.54. The highest BCUT2D eigenvalue weighted by Gasteiger charge is 2.64. The van der Waals surface area contributed by atoms with E-state index in [2.05, 4.69) is 0 Å². The fourth-order valence-corrected chi connectivity index (χ4v) is 1.62. The van der Waals surface area contributed by atoms with Crippen LogP contribution in [0.3, 0.4) is 0 Å². The summed E-state index contributed by atoms with van der Waals surface area (Å²) in [6, 6.07) is 0. The van der Waals surface area contributed by atoms with E-state index in [4.69, 9.17) is 0 Å². The molecule has 1 aliphatic rings. The fraction of sp³-hybridized carbons (Fsp3) is 0.778. The molecule has 92 valence electrons. The van der Waals surface area contributed by atoms with E-state index in [9.17, 15) is 31.5 Å². The topological polar surface area (TPSA) is 34.1 Å². The van der Waals surface area contributed by atoms with Crippen molar-refractivity contribution in [2.45, 2.75) is 37.8 Å². The van der Waals surface area contributed by atoms with Crippen molar-refractivity contribution >= 4 is 11.6 Å². The lowest BCUT2D eigenvalue weighted by Gasteiger charge is -2.25. The second-order valence-corrected chi connectivity index (χ2v) is 3.70. The molecule has 0 heterocycles. The third kappa shape index (κ3) is 2.22. The molecule has 1 atom stereocenters. The van der Waals surface area contributed by atoms with Gasteiger partial charge in [-0.2, -0.15) is 22.0 Å². The number of carbonyl (C=O) groups excluding carboxylic acids is 2. The van der Waals surface area contributed by atoms with Gasteiger partial charge in [0.1, 0.15) is 5.78 Å². The van der Waals surface area contributed by atoms with Crippen LogP contribution >= 0.6 is 0 Å². The van der Waals surface area contributed by atoms with Gasteiger partial charge in [0.25, 0.3) is 0 Å². The quantitative estimate of drug-likeness (QED) is 0.552. The summed E-state index contributed by atoms with van der Waals surface area (Å²) in [5.74, 6) is -10.4. The van der Waals surface area contributed by atoms with Crippen LogP contribution in [0.2, 0.25) is 0 Å². The molecule has 1 rings (SSSR count). The van der Waals surface area contributed by atoms with Crippen LogP contribution in [0.1, 0.15) is 25.7 Å². The molecular weight excluding hydrogens is 235 g/mol. The maximum atomic E-state index is 12.7. The number of ketones is 2. The van der Waals surface area contributed by atoms with E-state index in [1.165, 1.54) is 0 Å². The molecule has 0 amide bonds. The Hall–Kier alpha value is -1.01. The second-order valence-electron chi connectivity index (χ2n) is 3.70. The molecule has 0 aromatic heterocycles. The maximum Gasteiger partial charge on any atom is 0.461 e. The van der Waals surface area contributed by atoms with Gasteiger partial charge in [-0.1, -0.05) is 6.42 Å². The average Bonchev–Trinajstić information content (AvgIpc) is 2.15. The van der Waals surface area contributed by atoms with E-state index in [-0.39, 0.29) is 12.8 Å². The largest absolute Gasteiger partial charge is 0.461 e. The molecule has 2 nitrogen and oxygen atoms in total. The van der Waals surface area contributed by atoms with Gasteiger partial charge in [0.2, 0.25) is 5.78 Å². The van der Waals surface area contributed by atoms with Crippen LogP contribution in [0.5, 0.6) is 0 Å². The third-order valence-corrected chi connectivity index (χ3v) is 2.54. The Kier molecular flexibility index (Phi) is 3.35. The zero-order valence-electron chi connectivity index (χ0n) is 8.11. The molecule has 0 radical (unpaired) electrons. The Labute approximate surface area is 87.8 Å². The molecule has 7 heteroatoms. The van der Waals surface area contributed by atoms with Gasteiger partial charge >= 0.3 is 12.1 Å². The molecule has 1 unspecified atom stereocenters. The van der Waals surface area contributed by atoms with Crippen molar-refractivity contribution < 1.29 is 31.5 Å². The highest BCUT2D eigenvalue weighted by Crippen LogP contribution is 2.39. The van der Waals surface area contributed by atoms with Gasteiger partial charge in [-0.25, -0.2) is 0 Å². The van der Waals surface area contributed by atoms with Crippen molar-refractivity contribution in [2.24, 2.45) is 5.92 Å². The van der Waals surface area contributed by atoms with Crippen molar-refractivity contribution in [1.82, 2.24) is 0 Å². The van der Waals surface area contributed by atoms with Gasteiger partial charge in [0, 0.05) is 6.42 Å². The van der Waals surface area contributed by atoms with Crippen molar-refractivity contribution in [2.75, 3.05) is 0 Å². The summed E-state index contributed by atoms with van der Waals surface area (Å²) in [4.78, 5) is 22.1. The van der Waals surface area contributed by atoms with Crippen LogP contribution in [0.25, 0.3) is 0 Å². The summed E-state index contributed by atoms with van der Waals surface area (Å²) in [5, 5.41) is 0. The SMILES string of the molecule is O=C1CCCCC1C(=O)C(F)(F)C(F)(F)F. The van der Waals surface area contributed by atoms with Gasteiger partial charge in [0.15, 0.2) is 0 Å². The maximum absolute atomic E-state index is 12.7. The summed E-state index contributed by atoms with van der Waals surface area (Å²) < 4.78 is 61.0. The highest BCUT2D eigenvalue weighted by molar-refractivity contribution is 6.06. The molecule has 0 aromatic carbocycles. The standard InChI is InChI=1S/C9H9F5O2/c10-8(11,9(12,13)14)7(16)5-3-1-2-4-6(5)15/h5H,1-4H2. The van der Waals surface area contributed by atoms with Crippen LogP contribution in [0, 0.1) is 5.92 Å². The summed E-state index contributed by atoms with van der Waals surface area (Å²) in [5.41, 5.74) is 0. The lowest BCUT2D eigenvalue weighted by molar-refractivity contribution is -0.270. The minimum Gasteiger partial charge on any atom is -0.299 e. The zero-order chi connectivity index (χ0) is 12.6. The molecule has 16 heavy (non-hydrogen) atoms. The lowest BCUT2D eigenvalue weighted by atomic mass is 9.83. The lowest BCUT2D eigenvalue weighted by Crippen LogP contribution is -2.49. The molecule has 1 saturated carbocycles. The first kappa shape index (κ1) is 13.1. The molecular formula is C9H9F5O2. The highest BCUT2D eigenvalue weighted by atomic mass is 19.4. The molecule has 0 saturated heterocycles. The number of hydrogen-bond acceptors (Lipinski definition) is 2. The molecule has 0 bridgehead atoms. The van der Waals surface area contributed by atoms with Crippen LogP contribution < -0.4 is 0 Å². The van der Waals surface area contributed by atoms with Gasteiger partial charge in [-0.05, 0) is 12.8 Å². The van der Waals surface area contributed by atoms with Crippen molar-refractivity contribution in [3.8, 4) is 0 Å². The number of carbonyl (C=O) groups is 2. The average molecular weight is 244 g/mol. The smallest absolute Gasteiger partial charge is 0.299 e. The Balaban J connectivity index is 2.88. The van der Waals surface area contributed by atoms with Crippen LogP contribution in [-0.4, -0.2) is 23.7 Å². The molecule has 0 aliphatic heterocycles. The monoisotopic (exact) mass is 244 g/mol.